The van der Waals surface area contributed by atoms with Crippen LogP contribution in [0.1, 0.15) is 57.8 Å². The summed E-state index contributed by atoms with van der Waals surface area (Å²) in [7, 11) is 0. The summed E-state index contributed by atoms with van der Waals surface area (Å²) in [6, 6.07) is 0. The number of unbranched alkanes of at least 4 members (excludes halogenated alkanes) is 1. The molecule has 4 N–H and O–H groups in total. The molecule has 0 spiro atoms. The molecule has 88 valence electrons. The van der Waals surface area contributed by atoms with Crippen molar-refractivity contribution in [3.63, 3.8) is 0 Å². The lowest BCUT2D eigenvalue weighted by Gasteiger charge is -1.93. The van der Waals surface area contributed by atoms with Crippen LogP contribution in [0.3, 0.4) is 0 Å². The van der Waals surface area contributed by atoms with Crippen molar-refractivity contribution in [1.29, 1.82) is 0 Å². The third-order valence-electron chi connectivity index (χ3n) is 2.35. The summed E-state index contributed by atoms with van der Waals surface area (Å²) in [6.45, 7) is 0. The maximum absolute atomic E-state index is 10.2. The molecule has 0 bridgehead atoms. The van der Waals surface area contributed by atoms with Gasteiger partial charge in [0.05, 0.1) is 0 Å². The standard InChI is InChI=1S/C6H12N2O2.C5H10/c7-5(9)3-1-2-4-6(8)10;1-2-4-5-3-1/h1-4H2,(H2,7,9)(H2,8,10);1-5H2. The summed E-state index contributed by atoms with van der Waals surface area (Å²) in [5.41, 5.74) is 9.71. The van der Waals surface area contributed by atoms with Crippen molar-refractivity contribution in [3.05, 3.63) is 0 Å². The Kier molecular flexibility index (Phi) is 8.82. The molecule has 0 radical (unpaired) electrons. The first-order chi connectivity index (χ1) is 7.13. The highest BCUT2D eigenvalue weighted by Gasteiger charge is 1.96. The highest BCUT2D eigenvalue weighted by atomic mass is 16.1. The van der Waals surface area contributed by atoms with Crippen LogP contribution in [0, 0.1) is 0 Å². The van der Waals surface area contributed by atoms with Crippen molar-refractivity contribution >= 4 is 11.8 Å². The number of hydrogen-bond donors (Lipinski definition) is 2. The van der Waals surface area contributed by atoms with Gasteiger partial charge in [-0.25, -0.2) is 0 Å². The van der Waals surface area contributed by atoms with Crippen LogP contribution < -0.4 is 11.5 Å². The Morgan fingerprint density at radius 3 is 1.20 bits per heavy atom. The Morgan fingerprint density at radius 1 is 0.733 bits per heavy atom. The molecule has 0 saturated heterocycles. The molecule has 15 heavy (non-hydrogen) atoms. The highest BCUT2D eigenvalue weighted by molar-refractivity contribution is 5.74. The third-order valence-corrected chi connectivity index (χ3v) is 2.35. The van der Waals surface area contributed by atoms with Crippen LogP contribution in [0.15, 0.2) is 0 Å². The van der Waals surface area contributed by atoms with Crippen molar-refractivity contribution in [2.75, 3.05) is 0 Å². The Bertz CT molecular complexity index is 165. The van der Waals surface area contributed by atoms with Gasteiger partial charge in [-0.3, -0.25) is 9.59 Å². The summed E-state index contributed by atoms with van der Waals surface area (Å²) in [5.74, 6) is -0.658. The van der Waals surface area contributed by atoms with Gasteiger partial charge in [0.1, 0.15) is 0 Å². The minimum atomic E-state index is -0.329. The van der Waals surface area contributed by atoms with E-state index < -0.39 is 0 Å². The Balaban J connectivity index is 0.000000322. The lowest BCUT2D eigenvalue weighted by Crippen LogP contribution is -2.12. The van der Waals surface area contributed by atoms with Gasteiger partial charge in [-0.15, -0.1) is 0 Å². The summed E-state index contributed by atoms with van der Waals surface area (Å²) in [5, 5.41) is 0. The molecule has 1 fully saturated rings. The second kappa shape index (κ2) is 9.49. The normalized spacial score (nSPS) is 14.1. The second-order valence-electron chi connectivity index (χ2n) is 3.91. The van der Waals surface area contributed by atoms with Gasteiger partial charge in [0.25, 0.3) is 0 Å². The molecule has 0 unspecified atom stereocenters. The number of hydrogen-bond acceptors (Lipinski definition) is 2. The SMILES string of the molecule is C1CCCC1.NC(=O)CCCCC(N)=O. The Labute approximate surface area is 91.4 Å². The van der Waals surface area contributed by atoms with Crippen molar-refractivity contribution in [3.8, 4) is 0 Å². The van der Waals surface area contributed by atoms with Crippen LogP contribution >= 0.6 is 0 Å². The van der Waals surface area contributed by atoms with E-state index in [4.69, 9.17) is 11.5 Å². The summed E-state index contributed by atoms with van der Waals surface area (Å²) in [4.78, 5) is 20.3. The first-order valence-corrected chi connectivity index (χ1v) is 5.69. The molecule has 0 heterocycles. The largest absolute Gasteiger partial charge is 0.370 e. The van der Waals surface area contributed by atoms with E-state index in [9.17, 15) is 9.59 Å². The predicted octanol–water partition coefficient (Wildman–Crippen LogP) is 1.47. The third kappa shape index (κ3) is 12.9. The summed E-state index contributed by atoms with van der Waals surface area (Å²) < 4.78 is 0. The Morgan fingerprint density at radius 2 is 1.00 bits per heavy atom. The van der Waals surface area contributed by atoms with E-state index in [2.05, 4.69) is 0 Å². The van der Waals surface area contributed by atoms with E-state index in [0.717, 1.165) is 0 Å². The molecule has 4 nitrogen and oxygen atoms in total. The van der Waals surface area contributed by atoms with E-state index in [1.807, 2.05) is 0 Å². The molecule has 1 rings (SSSR count). The quantitative estimate of drug-likeness (QED) is 0.679. The van der Waals surface area contributed by atoms with Crippen molar-refractivity contribution in [2.45, 2.75) is 57.8 Å². The fraction of sp³-hybridized carbons (Fsp3) is 0.818. The molecule has 1 aliphatic carbocycles. The molecular formula is C11H22N2O2. The minimum absolute atomic E-state index is 0.329. The van der Waals surface area contributed by atoms with Crippen LogP contribution in [0.4, 0.5) is 0 Å². The van der Waals surface area contributed by atoms with E-state index in [1.165, 1.54) is 32.1 Å². The zero-order valence-electron chi connectivity index (χ0n) is 9.34. The monoisotopic (exact) mass is 214 g/mol. The number of carbonyl (C=O) groups excluding carboxylic acids is 2. The number of carbonyl (C=O) groups is 2. The lowest BCUT2D eigenvalue weighted by atomic mass is 10.2. The van der Waals surface area contributed by atoms with E-state index in [0.29, 0.717) is 25.7 Å². The van der Waals surface area contributed by atoms with Crippen LogP contribution in [-0.4, -0.2) is 11.8 Å². The van der Waals surface area contributed by atoms with Gasteiger partial charge in [0.15, 0.2) is 0 Å². The fourth-order valence-corrected chi connectivity index (χ4v) is 1.48. The molecule has 0 aromatic carbocycles. The van der Waals surface area contributed by atoms with Gasteiger partial charge < -0.3 is 11.5 Å². The summed E-state index contributed by atoms with van der Waals surface area (Å²) in [6.07, 6.45) is 9.48. The second-order valence-corrected chi connectivity index (χ2v) is 3.91. The predicted molar refractivity (Wildman–Crippen MR) is 59.9 cm³/mol. The van der Waals surface area contributed by atoms with E-state index in [-0.39, 0.29) is 11.8 Å². The lowest BCUT2D eigenvalue weighted by molar-refractivity contribution is -0.119. The Hall–Kier alpha value is -1.06. The van der Waals surface area contributed by atoms with E-state index >= 15 is 0 Å². The van der Waals surface area contributed by atoms with Gasteiger partial charge in [0.2, 0.25) is 11.8 Å². The highest BCUT2D eigenvalue weighted by Crippen LogP contribution is 2.15. The minimum Gasteiger partial charge on any atom is -0.370 e. The van der Waals surface area contributed by atoms with E-state index in [1.54, 1.807) is 0 Å². The molecule has 0 aromatic rings. The van der Waals surface area contributed by atoms with Crippen molar-refractivity contribution < 1.29 is 9.59 Å². The van der Waals surface area contributed by atoms with Crippen LogP contribution in [0.25, 0.3) is 0 Å². The molecule has 2 amide bonds. The smallest absolute Gasteiger partial charge is 0.217 e. The average Bonchev–Trinajstić information content (AvgIpc) is 2.69. The van der Waals surface area contributed by atoms with Gasteiger partial charge in [0, 0.05) is 12.8 Å². The molecule has 1 aliphatic rings. The van der Waals surface area contributed by atoms with Gasteiger partial charge in [-0.2, -0.15) is 0 Å². The number of rotatable bonds is 5. The van der Waals surface area contributed by atoms with Crippen molar-refractivity contribution in [1.82, 2.24) is 0 Å². The molecule has 4 heteroatoms. The van der Waals surface area contributed by atoms with Crippen molar-refractivity contribution in [2.24, 2.45) is 11.5 Å². The average molecular weight is 214 g/mol. The fourth-order valence-electron chi connectivity index (χ4n) is 1.48. The first-order valence-electron chi connectivity index (χ1n) is 5.69. The number of primary amides is 2. The van der Waals surface area contributed by atoms with Crippen LogP contribution in [0.2, 0.25) is 0 Å². The first kappa shape index (κ1) is 13.9. The summed E-state index contributed by atoms with van der Waals surface area (Å²) >= 11 is 0. The zero-order valence-corrected chi connectivity index (χ0v) is 9.34. The van der Waals surface area contributed by atoms with Gasteiger partial charge in [-0.1, -0.05) is 32.1 Å². The van der Waals surface area contributed by atoms with Gasteiger partial charge >= 0.3 is 0 Å². The molecule has 0 aliphatic heterocycles. The molecule has 0 atom stereocenters. The van der Waals surface area contributed by atoms with Gasteiger partial charge in [-0.05, 0) is 12.8 Å². The topological polar surface area (TPSA) is 86.2 Å². The number of amides is 2. The number of nitrogens with two attached hydrogens (primary N) is 2. The van der Waals surface area contributed by atoms with Crippen LogP contribution in [0.5, 0.6) is 0 Å². The maximum Gasteiger partial charge on any atom is 0.217 e. The molecule has 1 saturated carbocycles. The molecule has 0 aromatic heterocycles. The zero-order chi connectivity index (χ0) is 11.5. The maximum atomic E-state index is 10.2. The molecular weight excluding hydrogens is 192 g/mol. The van der Waals surface area contributed by atoms with Crippen LogP contribution in [-0.2, 0) is 9.59 Å².